The van der Waals surface area contributed by atoms with Crippen LogP contribution in [0.3, 0.4) is 0 Å². The van der Waals surface area contributed by atoms with Crippen molar-refractivity contribution in [3.8, 4) is 0 Å². The number of likely N-dealkylation sites (tertiary alicyclic amines) is 1. The van der Waals surface area contributed by atoms with Gasteiger partial charge in [-0.15, -0.1) is 0 Å². The monoisotopic (exact) mass is 259 g/mol. The van der Waals surface area contributed by atoms with Crippen LogP contribution in [0.4, 0.5) is 11.4 Å². The maximum atomic E-state index is 5.91. The third-order valence-electron chi connectivity index (χ3n) is 4.86. The van der Waals surface area contributed by atoms with Gasteiger partial charge in [0.2, 0.25) is 0 Å². The molecule has 1 aromatic carbocycles. The Balaban J connectivity index is 1.69. The Bertz CT molecular complexity index is 457. The maximum absolute atomic E-state index is 5.91. The predicted octanol–water partition coefficient (Wildman–Crippen LogP) is 2.64. The summed E-state index contributed by atoms with van der Waals surface area (Å²) in [5, 5.41) is 0. The van der Waals surface area contributed by atoms with Crippen molar-refractivity contribution in [2.45, 2.75) is 45.2 Å². The van der Waals surface area contributed by atoms with E-state index in [0.717, 1.165) is 17.8 Å². The fourth-order valence-corrected chi connectivity index (χ4v) is 3.60. The highest BCUT2D eigenvalue weighted by Crippen LogP contribution is 2.29. The number of anilines is 2. The van der Waals surface area contributed by atoms with Crippen molar-refractivity contribution >= 4 is 11.4 Å². The van der Waals surface area contributed by atoms with E-state index in [-0.39, 0.29) is 0 Å². The highest BCUT2D eigenvalue weighted by molar-refractivity contribution is 5.58. The third-order valence-corrected chi connectivity index (χ3v) is 4.86. The molecular weight excluding hydrogens is 234 g/mol. The van der Waals surface area contributed by atoms with Gasteiger partial charge in [-0.05, 0) is 63.4 Å². The summed E-state index contributed by atoms with van der Waals surface area (Å²) < 4.78 is 0. The SMILES string of the molecule is Cc1cc(N2CCC(N3CCC[C@H]3C)C2)ccc1N. The molecule has 1 unspecified atom stereocenters. The van der Waals surface area contributed by atoms with Crippen LogP contribution in [0.5, 0.6) is 0 Å². The molecule has 2 atom stereocenters. The lowest BCUT2D eigenvalue weighted by Crippen LogP contribution is -2.39. The zero-order valence-corrected chi connectivity index (χ0v) is 12.1. The molecule has 0 radical (unpaired) electrons. The van der Waals surface area contributed by atoms with E-state index in [9.17, 15) is 0 Å². The predicted molar refractivity (Wildman–Crippen MR) is 81.6 cm³/mol. The summed E-state index contributed by atoms with van der Waals surface area (Å²) in [6, 6.07) is 7.95. The van der Waals surface area contributed by atoms with E-state index in [1.807, 2.05) is 6.07 Å². The molecule has 0 saturated carbocycles. The summed E-state index contributed by atoms with van der Waals surface area (Å²) in [4.78, 5) is 5.23. The summed E-state index contributed by atoms with van der Waals surface area (Å²) >= 11 is 0. The molecule has 2 aliphatic rings. The number of rotatable bonds is 2. The molecule has 0 aromatic heterocycles. The second kappa shape index (κ2) is 5.04. The van der Waals surface area contributed by atoms with Gasteiger partial charge >= 0.3 is 0 Å². The Morgan fingerprint density at radius 1 is 1.21 bits per heavy atom. The van der Waals surface area contributed by atoms with Gasteiger partial charge in [-0.25, -0.2) is 0 Å². The van der Waals surface area contributed by atoms with Crippen LogP contribution < -0.4 is 10.6 Å². The van der Waals surface area contributed by atoms with Gasteiger partial charge in [0.05, 0.1) is 0 Å². The van der Waals surface area contributed by atoms with Crippen LogP contribution in [0, 0.1) is 6.92 Å². The Hall–Kier alpha value is -1.22. The zero-order chi connectivity index (χ0) is 13.4. The van der Waals surface area contributed by atoms with Gasteiger partial charge in [0, 0.05) is 36.5 Å². The van der Waals surface area contributed by atoms with Crippen molar-refractivity contribution in [1.29, 1.82) is 0 Å². The zero-order valence-electron chi connectivity index (χ0n) is 12.1. The summed E-state index contributed by atoms with van der Waals surface area (Å²) in [6.07, 6.45) is 4.05. The first-order chi connectivity index (χ1) is 9.15. The van der Waals surface area contributed by atoms with Crippen LogP contribution in [0.25, 0.3) is 0 Å². The Morgan fingerprint density at radius 2 is 2.05 bits per heavy atom. The third kappa shape index (κ3) is 2.44. The fourth-order valence-electron chi connectivity index (χ4n) is 3.60. The molecule has 3 nitrogen and oxygen atoms in total. The normalized spacial score (nSPS) is 28.2. The van der Waals surface area contributed by atoms with Crippen LogP contribution in [0.1, 0.15) is 31.7 Å². The van der Waals surface area contributed by atoms with Crippen molar-refractivity contribution in [3.05, 3.63) is 23.8 Å². The first-order valence-electron chi connectivity index (χ1n) is 7.52. The summed E-state index contributed by atoms with van der Waals surface area (Å²) in [5.41, 5.74) is 9.33. The average molecular weight is 259 g/mol. The van der Waals surface area contributed by atoms with E-state index in [4.69, 9.17) is 5.73 Å². The largest absolute Gasteiger partial charge is 0.399 e. The molecule has 0 amide bonds. The molecule has 0 spiro atoms. The van der Waals surface area contributed by atoms with E-state index in [1.165, 1.54) is 50.1 Å². The highest BCUT2D eigenvalue weighted by Gasteiger charge is 2.32. The number of aryl methyl sites for hydroxylation is 1. The molecule has 0 aliphatic carbocycles. The molecule has 19 heavy (non-hydrogen) atoms. The van der Waals surface area contributed by atoms with E-state index in [2.05, 4.69) is 35.8 Å². The number of hydrogen-bond acceptors (Lipinski definition) is 3. The standard InChI is InChI=1S/C16H25N3/c1-12-10-14(5-6-16(12)17)18-9-7-15(11-18)19-8-3-4-13(19)2/h5-6,10,13,15H,3-4,7-9,11,17H2,1-2H3/t13-,15?/m1/s1. The van der Waals surface area contributed by atoms with E-state index in [0.29, 0.717) is 0 Å². The molecule has 2 saturated heterocycles. The number of nitrogens with zero attached hydrogens (tertiary/aromatic N) is 2. The molecule has 104 valence electrons. The molecule has 0 bridgehead atoms. The second-order valence-electron chi connectivity index (χ2n) is 6.16. The van der Waals surface area contributed by atoms with Crippen molar-refractivity contribution in [3.63, 3.8) is 0 Å². The minimum absolute atomic E-state index is 0.746. The maximum Gasteiger partial charge on any atom is 0.0370 e. The van der Waals surface area contributed by atoms with Crippen molar-refractivity contribution in [2.75, 3.05) is 30.3 Å². The molecular formula is C16H25N3. The first-order valence-corrected chi connectivity index (χ1v) is 7.52. The van der Waals surface area contributed by atoms with E-state index >= 15 is 0 Å². The topological polar surface area (TPSA) is 32.5 Å². The summed E-state index contributed by atoms with van der Waals surface area (Å²) in [5.74, 6) is 0. The van der Waals surface area contributed by atoms with Crippen molar-refractivity contribution in [2.24, 2.45) is 0 Å². The lowest BCUT2D eigenvalue weighted by atomic mass is 10.1. The lowest BCUT2D eigenvalue weighted by molar-refractivity contribution is 0.204. The van der Waals surface area contributed by atoms with Gasteiger partial charge in [0.15, 0.2) is 0 Å². The number of nitrogens with two attached hydrogens (primary N) is 1. The van der Waals surface area contributed by atoms with Crippen LogP contribution >= 0.6 is 0 Å². The molecule has 2 heterocycles. The van der Waals surface area contributed by atoms with Gasteiger partial charge < -0.3 is 10.6 Å². The molecule has 2 N–H and O–H groups in total. The first kappa shape index (κ1) is 12.8. The van der Waals surface area contributed by atoms with Crippen molar-refractivity contribution < 1.29 is 0 Å². The second-order valence-corrected chi connectivity index (χ2v) is 6.16. The van der Waals surface area contributed by atoms with Gasteiger partial charge in [-0.1, -0.05) is 0 Å². The molecule has 1 aromatic rings. The summed E-state index contributed by atoms with van der Waals surface area (Å²) in [7, 11) is 0. The molecule has 2 aliphatic heterocycles. The molecule has 3 rings (SSSR count). The molecule has 3 heteroatoms. The number of hydrogen-bond donors (Lipinski definition) is 1. The van der Waals surface area contributed by atoms with E-state index < -0.39 is 0 Å². The number of nitrogen functional groups attached to an aromatic ring is 1. The van der Waals surface area contributed by atoms with Gasteiger partial charge in [-0.2, -0.15) is 0 Å². The van der Waals surface area contributed by atoms with Gasteiger partial charge in [-0.3, -0.25) is 4.90 Å². The summed E-state index contributed by atoms with van der Waals surface area (Å²) in [6.45, 7) is 8.11. The Morgan fingerprint density at radius 3 is 2.74 bits per heavy atom. The molecule has 2 fully saturated rings. The smallest absolute Gasteiger partial charge is 0.0370 e. The van der Waals surface area contributed by atoms with Crippen LogP contribution in [0.15, 0.2) is 18.2 Å². The minimum Gasteiger partial charge on any atom is -0.399 e. The van der Waals surface area contributed by atoms with Crippen molar-refractivity contribution in [1.82, 2.24) is 4.90 Å². The number of benzene rings is 1. The fraction of sp³-hybridized carbons (Fsp3) is 0.625. The minimum atomic E-state index is 0.746. The quantitative estimate of drug-likeness (QED) is 0.829. The van der Waals surface area contributed by atoms with Gasteiger partial charge in [0.25, 0.3) is 0 Å². The Labute approximate surface area is 116 Å². The van der Waals surface area contributed by atoms with Gasteiger partial charge in [0.1, 0.15) is 0 Å². The highest BCUT2D eigenvalue weighted by atomic mass is 15.3. The van der Waals surface area contributed by atoms with Crippen LogP contribution in [0.2, 0.25) is 0 Å². The lowest BCUT2D eigenvalue weighted by Gasteiger charge is -2.28. The van der Waals surface area contributed by atoms with Crippen LogP contribution in [-0.4, -0.2) is 36.6 Å². The van der Waals surface area contributed by atoms with Crippen LogP contribution in [-0.2, 0) is 0 Å². The Kier molecular flexibility index (Phi) is 3.40. The average Bonchev–Trinajstić information content (AvgIpc) is 3.01. The van der Waals surface area contributed by atoms with E-state index in [1.54, 1.807) is 0 Å².